The molecular weight excluding hydrogens is 482 g/mol. The molecule has 1 N–H and O–H groups in total. The summed E-state index contributed by atoms with van der Waals surface area (Å²) in [6.45, 7) is 18.9. The van der Waals surface area contributed by atoms with Crippen molar-refractivity contribution in [3.05, 3.63) is 81.0 Å². The molecular formula is C25H22BrN5O2. The van der Waals surface area contributed by atoms with Crippen molar-refractivity contribution in [3.63, 3.8) is 0 Å². The van der Waals surface area contributed by atoms with Gasteiger partial charge in [0.25, 0.3) is 0 Å². The summed E-state index contributed by atoms with van der Waals surface area (Å²) in [5.74, 6) is 0.538. The molecule has 0 bridgehead atoms. The molecule has 1 aliphatic rings. The molecule has 4 rings (SSSR count). The van der Waals surface area contributed by atoms with E-state index in [1.54, 1.807) is 42.1 Å². The zero-order chi connectivity index (χ0) is 23.4. The summed E-state index contributed by atoms with van der Waals surface area (Å²) in [5, 5.41) is 4.10. The molecule has 166 valence electrons. The Hall–Kier alpha value is -3.43. The van der Waals surface area contributed by atoms with E-state index < -0.39 is 0 Å². The Morgan fingerprint density at radius 2 is 2.00 bits per heavy atom. The Morgan fingerprint density at radius 1 is 1.21 bits per heavy atom. The summed E-state index contributed by atoms with van der Waals surface area (Å²) in [6, 6.07) is 10.8. The fourth-order valence-electron chi connectivity index (χ4n) is 3.97. The maximum absolute atomic E-state index is 13.2. The molecule has 0 amide bonds. The number of methoxy groups -OCH3 is 1. The summed E-state index contributed by atoms with van der Waals surface area (Å²) >= 11 is 3.51. The third-order valence-corrected chi connectivity index (χ3v) is 6.13. The van der Waals surface area contributed by atoms with Gasteiger partial charge in [-0.25, -0.2) is 9.69 Å². The average molecular weight is 504 g/mol. The third-order valence-electron chi connectivity index (χ3n) is 5.63. The molecule has 1 aliphatic heterocycles. The third kappa shape index (κ3) is 4.84. The molecule has 33 heavy (non-hydrogen) atoms. The fourth-order valence-corrected chi connectivity index (χ4v) is 4.33. The minimum Gasteiger partial charge on any atom is -0.496 e. The molecule has 0 saturated carbocycles. The van der Waals surface area contributed by atoms with E-state index in [9.17, 15) is 4.79 Å². The summed E-state index contributed by atoms with van der Waals surface area (Å²) in [4.78, 5) is 22.6. The number of benzene rings is 2. The normalized spacial score (nSPS) is 14.6. The van der Waals surface area contributed by atoms with Crippen molar-refractivity contribution in [2.45, 2.75) is 0 Å². The number of piperazine rings is 1. The molecule has 1 fully saturated rings. The van der Waals surface area contributed by atoms with Crippen LogP contribution in [0.2, 0.25) is 0 Å². The maximum atomic E-state index is 13.2. The van der Waals surface area contributed by atoms with Crippen molar-refractivity contribution < 1.29 is 9.53 Å². The lowest BCUT2D eigenvalue weighted by Gasteiger charge is -2.26. The van der Waals surface area contributed by atoms with Gasteiger partial charge >= 0.3 is 0 Å². The minimum absolute atomic E-state index is 0.0348. The molecule has 2 heterocycles. The predicted octanol–water partition coefficient (Wildman–Crippen LogP) is 4.93. The Kier molecular flexibility index (Phi) is 6.90. The second-order valence-electron chi connectivity index (χ2n) is 7.67. The van der Waals surface area contributed by atoms with Crippen LogP contribution in [0.3, 0.4) is 0 Å². The van der Waals surface area contributed by atoms with E-state index in [1.165, 1.54) is 0 Å². The number of aromatic nitrogens is 1. The van der Waals surface area contributed by atoms with Gasteiger partial charge in [0.15, 0.2) is 11.4 Å². The molecule has 1 saturated heterocycles. The monoisotopic (exact) mass is 503 g/mol. The second-order valence-corrected chi connectivity index (χ2v) is 8.59. The summed E-state index contributed by atoms with van der Waals surface area (Å²) in [5.41, 5.74) is 2.88. The van der Waals surface area contributed by atoms with Gasteiger partial charge in [0.1, 0.15) is 5.75 Å². The largest absolute Gasteiger partial charge is 0.496 e. The van der Waals surface area contributed by atoms with E-state index in [0.717, 1.165) is 41.6 Å². The smallest absolute Gasteiger partial charge is 0.245 e. The number of rotatable bonds is 5. The lowest BCUT2D eigenvalue weighted by Crippen LogP contribution is -2.46. The Balaban J connectivity index is 1.81. The van der Waals surface area contributed by atoms with Crippen molar-refractivity contribution in [2.24, 2.45) is 0 Å². The number of halogens is 1. The second kappa shape index (κ2) is 10.0. The van der Waals surface area contributed by atoms with E-state index in [1.807, 2.05) is 18.2 Å². The van der Waals surface area contributed by atoms with E-state index in [-0.39, 0.29) is 5.91 Å². The van der Waals surface area contributed by atoms with E-state index in [4.69, 9.17) is 17.9 Å². The zero-order valence-corrected chi connectivity index (χ0v) is 19.7. The fraction of sp³-hybridized carbons (Fsp3) is 0.240. The van der Waals surface area contributed by atoms with Crippen LogP contribution in [-0.2, 0) is 0 Å². The van der Waals surface area contributed by atoms with E-state index in [2.05, 4.69) is 35.8 Å². The van der Waals surface area contributed by atoms with E-state index in [0.29, 0.717) is 34.8 Å². The number of hydrogen-bond donors (Lipinski definition) is 1. The van der Waals surface area contributed by atoms with Crippen molar-refractivity contribution in [1.29, 1.82) is 0 Å². The molecule has 2 aromatic carbocycles. The van der Waals surface area contributed by atoms with Gasteiger partial charge in [-0.1, -0.05) is 22.0 Å². The van der Waals surface area contributed by atoms with Gasteiger partial charge in [-0.2, -0.15) is 0 Å². The molecule has 7 nitrogen and oxygen atoms in total. The molecule has 1 aromatic heterocycles. The molecule has 0 atom stereocenters. The molecule has 0 radical (unpaired) electrons. The van der Waals surface area contributed by atoms with Gasteiger partial charge in [-0.05, 0) is 47.4 Å². The lowest BCUT2D eigenvalue weighted by atomic mass is 10.1. The van der Waals surface area contributed by atoms with Gasteiger partial charge < -0.3 is 10.1 Å². The van der Waals surface area contributed by atoms with Crippen LogP contribution in [0.1, 0.15) is 15.9 Å². The highest BCUT2D eigenvalue weighted by Crippen LogP contribution is 2.34. The van der Waals surface area contributed by atoms with Crippen molar-refractivity contribution in [1.82, 2.24) is 14.8 Å². The Morgan fingerprint density at radius 3 is 2.70 bits per heavy atom. The lowest BCUT2D eigenvalue weighted by molar-refractivity contribution is 0.0844. The van der Waals surface area contributed by atoms with Crippen LogP contribution in [0.15, 0.2) is 47.1 Å². The van der Waals surface area contributed by atoms with Crippen LogP contribution in [-0.4, -0.2) is 55.2 Å². The zero-order valence-electron chi connectivity index (χ0n) is 18.1. The molecule has 0 unspecified atom stereocenters. The predicted molar refractivity (Wildman–Crippen MR) is 133 cm³/mol. The average Bonchev–Trinajstić information content (AvgIpc) is 3.21. The van der Waals surface area contributed by atoms with Crippen LogP contribution in [0.5, 0.6) is 5.75 Å². The number of nitrogens with zero attached hydrogens (tertiary/aromatic N) is 4. The highest BCUT2D eigenvalue weighted by molar-refractivity contribution is 9.10. The summed E-state index contributed by atoms with van der Waals surface area (Å²) < 4.78 is 7.94. The first-order valence-electron chi connectivity index (χ1n) is 10.5. The van der Waals surface area contributed by atoms with Gasteiger partial charge in [0, 0.05) is 42.4 Å². The number of carbonyl (C=O) groups excluding carboxylic acids is 1. The van der Waals surface area contributed by atoms with Crippen molar-refractivity contribution >= 4 is 50.2 Å². The molecule has 0 aliphatic carbocycles. The molecule has 0 spiro atoms. The van der Waals surface area contributed by atoms with Gasteiger partial charge in [-0.3, -0.25) is 14.3 Å². The summed E-state index contributed by atoms with van der Waals surface area (Å²) in [6.07, 6.45) is 3.46. The Bertz CT molecular complexity index is 1320. The molecule has 3 aromatic rings. The van der Waals surface area contributed by atoms with E-state index >= 15 is 0 Å². The SMILES string of the molecule is [C-]#[N+]/C(=C\c1cc([N+]#[C-])ccc1OC)c1cn(C(=O)CN2CCNCC2)c2ccc(Br)cc12. The number of carbonyl (C=O) groups is 1. The highest BCUT2D eigenvalue weighted by atomic mass is 79.9. The van der Waals surface area contributed by atoms with Crippen LogP contribution in [0.4, 0.5) is 5.69 Å². The summed E-state index contributed by atoms with van der Waals surface area (Å²) in [7, 11) is 1.56. The Labute approximate surface area is 201 Å². The number of ether oxygens (including phenoxy) is 1. The molecule has 8 heteroatoms. The number of fused-ring (bicyclic) bond motifs is 1. The topological polar surface area (TPSA) is 55.2 Å². The number of hydrogen-bond acceptors (Lipinski definition) is 4. The van der Waals surface area contributed by atoms with Gasteiger partial charge in [0.05, 0.1) is 32.3 Å². The van der Waals surface area contributed by atoms with Crippen molar-refractivity contribution in [2.75, 3.05) is 39.8 Å². The van der Waals surface area contributed by atoms with Gasteiger partial charge in [0.2, 0.25) is 5.91 Å². The van der Waals surface area contributed by atoms with Crippen LogP contribution in [0.25, 0.3) is 32.4 Å². The van der Waals surface area contributed by atoms with Crippen molar-refractivity contribution in [3.8, 4) is 5.75 Å². The standard InChI is InChI=1S/C25H22BrN5O2/c1-27-19-5-7-24(33-3)17(12-19)13-22(28-2)21-15-31(23-6-4-18(26)14-20(21)23)25(32)16-30-10-8-29-9-11-30/h4-7,12-15,29H,8-11,16H2,3H3/b22-13-. The van der Waals surface area contributed by atoms with Crippen LogP contribution in [0, 0.1) is 13.1 Å². The first-order valence-corrected chi connectivity index (χ1v) is 11.2. The first kappa shape index (κ1) is 22.8. The maximum Gasteiger partial charge on any atom is 0.245 e. The van der Waals surface area contributed by atoms with Gasteiger partial charge in [-0.15, -0.1) is 0 Å². The highest BCUT2D eigenvalue weighted by Gasteiger charge is 2.20. The van der Waals surface area contributed by atoms with Crippen LogP contribution < -0.4 is 10.1 Å². The quantitative estimate of drug-likeness (QED) is 0.501. The van der Waals surface area contributed by atoms with Crippen LogP contribution >= 0.6 is 15.9 Å². The first-order chi connectivity index (χ1) is 16.0. The number of nitrogens with one attached hydrogen (secondary N) is 1. The minimum atomic E-state index is -0.0348.